The lowest BCUT2D eigenvalue weighted by Crippen LogP contribution is -2.51. The van der Waals surface area contributed by atoms with Crippen LogP contribution in [0.2, 0.25) is 0 Å². The van der Waals surface area contributed by atoms with Crippen molar-refractivity contribution in [2.45, 2.75) is 33.7 Å². The van der Waals surface area contributed by atoms with Crippen LogP contribution in [0.25, 0.3) is 10.6 Å². The van der Waals surface area contributed by atoms with Crippen LogP contribution in [-0.4, -0.2) is 41.0 Å². The molecular weight excluding hydrogens is 400 g/mol. The Bertz CT molecular complexity index is 821. The first kappa shape index (κ1) is 22.1. The van der Waals surface area contributed by atoms with E-state index in [-0.39, 0.29) is 23.6 Å². The van der Waals surface area contributed by atoms with E-state index in [1.807, 2.05) is 38.1 Å². The summed E-state index contributed by atoms with van der Waals surface area (Å²) < 4.78 is 5.14. The molecule has 2 rings (SSSR count). The summed E-state index contributed by atoms with van der Waals surface area (Å²) in [5, 5.41) is 14.7. The topological polar surface area (TPSA) is 93.2 Å². The Morgan fingerprint density at radius 3 is 2.39 bits per heavy atom. The summed E-state index contributed by atoms with van der Waals surface area (Å²) in [5.74, 6) is 0.187. The summed E-state index contributed by atoms with van der Waals surface area (Å²) in [5.41, 5.74) is 0.107. The number of ether oxygens (including phenoxy) is 1. The summed E-state index contributed by atoms with van der Waals surface area (Å²) in [6.07, 6.45) is 0. The molecule has 0 radical (unpaired) electrons. The number of carbonyl (C=O) groups excluding carboxylic acids is 2. The maximum Gasteiger partial charge on any atom is 0.249 e. The molecule has 0 bridgehead atoms. The molecule has 9 heteroatoms. The molecule has 2 N–H and O–H groups in total. The molecule has 0 spiro atoms. The maximum atomic E-state index is 12.7. The molecule has 2 amide bonds. The van der Waals surface area contributed by atoms with E-state index in [1.54, 1.807) is 21.0 Å². The summed E-state index contributed by atoms with van der Waals surface area (Å²) in [4.78, 5) is 25.1. The van der Waals surface area contributed by atoms with Gasteiger partial charge in [0.1, 0.15) is 16.8 Å². The first-order chi connectivity index (χ1) is 13.2. The van der Waals surface area contributed by atoms with Gasteiger partial charge in [-0.2, -0.15) is 0 Å². The van der Waals surface area contributed by atoms with Crippen LogP contribution in [0.3, 0.4) is 0 Å². The summed E-state index contributed by atoms with van der Waals surface area (Å²) in [7, 11) is 1.60. The van der Waals surface area contributed by atoms with Gasteiger partial charge in [-0.25, -0.2) is 0 Å². The smallest absolute Gasteiger partial charge is 0.249 e. The zero-order chi connectivity index (χ0) is 20.9. The van der Waals surface area contributed by atoms with Gasteiger partial charge in [-0.05, 0) is 44.0 Å². The van der Waals surface area contributed by atoms with Crippen LogP contribution >= 0.6 is 22.9 Å². The van der Waals surface area contributed by atoms with Gasteiger partial charge in [0, 0.05) is 11.4 Å². The molecule has 0 aliphatic heterocycles. The number of halogens is 1. The minimum absolute atomic E-state index is 0.107. The van der Waals surface area contributed by atoms with Crippen molar-refractivity contribution in [2.24, 2.45) is 11.3 Å². The summed E-state index contributed by atoms with van der Waals surface area (Å²) >= 11 is 7.11. The summed E-state index contributed by atoms with van der Waals surface area (Å²) in [6, 6.07) is 6.70. The molecule has 1 aromatic heterocycles. The Kier molecular flexibility index (Phi) is 7.37. The van der Waals surface area contributed by atoms with Crippen molar-refractivity contribution in [3.63, 3.8) is 0 Å². The molecule has 2 aromatic rings. The molecule has 152 valence electrons. The van der Waals surface area contributed by atoms with Gasteiger partial charge in [-0.15, -0.1) is 21.8 Å². The van der Waals surface area contributed by atoms with Gasteiger partial charge >= 0.3 is 0 Å². The van der Waals surface area contributed by atoms with Crippen molar-refractivity contribution in [3.8, 4) is 16.3 Å². The van der Waals surface area contributed by atoms with Gasteiger partial charge in [0.2, 0.25) is 16.9 Å². The van der Waals surface area contributed by atoms with E-state index in [1.165, 1.54) is 11.3 Å². The number of nitrogens with one attached hydrogen (secondary N) is 2. The van der Waals surface area contributed by atoms with Crippen LogP contribution in [-0.2, 0) is 9.59 Å². The van der Waals surface area contributed by atoms with Crippen LogP contribution in [0, 0.1) is 11.3 Å². The first-order valence-electron chi connectivity index (χ1n) is 8.83. The van der Waals surface area contributed by atoms with Crippen LogP contribution < -0.4 is 15.4 Å². The number of benzene rings is 1. The van der Waals surface area contributed by atoms with Crippen LogP contribution in [0.5, 0.6) is 5.75 Å². The van der Waals surface area contributed by atoms with E-state index >= 15 is 0 Å². The quantitative estimate of drug-likeness (QED) is 0.632. The number of hydrogen-bond donors (Lipinski definition) is 2. The van der Waals surface area contributed by atoms with Crippen molar-refractivity contribution in [2.75, 3.05) is 18.3 Å². The molecule has 1 atom stereocenters. The number of alkyl halides is 1. The SMILES string of the molecule is COc1ccc(-c2nnc(NC(=O)[C@@H](NC(=O)C(C)(C)CCl)C(C)C)s2)cc1. The third-order valence-electron chi connectivity index (χ3n) is 4.18. The monoisotopic (exact) mass is 424 g/mol. The first-order valence-corrected chi connectivity index (χ1v) is 10.2. The largest absolute Gasteiger partial charge is 0.497 e. The van der Waals surface area contributed by atoms with Crippen LogP contribution in [0.15, 0.2) is 24.3 Å². The van der Waals surface area contributed by atoms with E-state index in [0.717, 1.165) is 11.3 Å². The fraction of sp³-hybridized carbons (Fsp3) is 0.474. The molecule has 0 aliphatic rings. The molecule has 0 unspecified atom stereocenters. The standard InChI is InChI=1S/C19H25ClN4O3S/c1-11(2)14(21-17(26)19(3,4)10-20)15(25)22-18-24-23-16(28-18)12-6-8-13(27-5)9-7-12/h6-9,11,14H,10H2,1-5H3,(H,21,26)(H,22,24,25)/t14-/m0/s1. The highest BCUT2D eigenvalue weighted by Crippen LogP contribution is 2.28. The minimum Gasteiger partial charge on any atom is -0.497 e. The molecule has 7 nitrogen and oxygen atoms in total. The van der Waals surface area contributed by atoms with E-state index in [2.05, 4.69) is 20.8 Å². The average molecular weight is 425 g/mol. The van der Waals surface area contributed by atoms with Crippen molar-refractivity contribution in [1.29, 1.82) is 0 Å². The van der Waals surface area contributed by atoms with Crippen molar-refractivity contribution < 1.29 is 14.3 Å². The zero-order valence-corrected chi connectivity index (χ0v) is 18.1. The Morgan fingerprint density at radius 2 is 1.86 bits per heavy atom. The zero-order valence-electron chi connectivity index (χ0n) is 16.6. The van der Waals surface area contributed by atoms with E-state index < -0.39 is 11.5 Å². The number of amides is 2. The highest BCUT2D eigenvalue weighted by Gasteiger charge is 2.32. The van der Waals surface area contributed by atoms with Crippen LogP contribution in [0.1, 0.15) is 27.7 Å². The summed E-state index contributed by atoms with van der Waals surface area (Å²) in [6.45, 7) is 7.19. The van der Waals surface area contributed by atoms with E-state index in [9.17, 15) is 9.59 Å². The van der Waals surface area contributed by atoms with E-state index in [0.29, 0.717) is 10.1 Å². The molecule has 1 aromatic carbocycles. The third kappa shape index (κ3) is 5.42. The number of nitrogens with zero attached hydrogens (tertiary/aromatic N) is 2. The average Bonchev–Trinajstić information content (AvgIpc) is 3.13. The molecule has 1 heterocycles. The molecule has 0 fully saturated rings. The normalized spacial score (nSPS) is 12.5. The predicted octanol–water partition coefficient (Wildman–Crippen LogP) is 3.56. The highest BCUT2D eigenvalue weighted by molar-refractivity contribution is 7.18. The number of rotatable bonds is 8. The lowest BCUT2D eigenvalue weighted by molar-refractivity contribution is -0.132. The van der Waals surface area contributed by atoms with Crippen LogP contribution in [0.4, 0.5) is 5.13 Å². The fourth-order valence-corrected chi connectivity index (χ4v) is 3.11. The highest BCUT2D eigenvalue weighted by atomic mass is 35.5. The predicted molar refractivity (Wildman–Crippen MR) is 112 cm³/mol. The number of carbonyl (C=O) groups is 2. The number of methoxy groups -OCH3 is 1. The Labute approximate surface area is 173 Å². The Morgan fingerprint density at radius 1 is 1.21 bits per heavy atom. The van der Waals surface area contributed by atoms with Gasteiger partial charge in [0.05, 0.1) is 12.5 Å². The maximum absolute atomic E-state index is 12.7. The number of aromatic nitrogens is 2. The van der Waals surface area contributed by atoms with Gasteiger partial charge < -0.3 is 10.1 Å². The Hall–Kier alpha value is -2.19. The van der Waals surface area contributed by atoms with Crippen molar-refractivity contribution in [3.05, 3.63) is 24.3 Å². The van der Waals surface area contributed by atoms with Crippen molar-refractivity contribution >= 4 is 39.9 Å². The number of hydrogen-bond acceptors (Lipinski definition) is 6. The number of anilines is 1. The van der Waals surface area contributed by atoms with E-state index in [4.69, 9.17) is 16.3 Å². The fourth-order valence-electron chi connectivity index (χ4n) is 2.24. The second-order valence-corrected chi connectivity index (χ2v) is 8.59. The molecule has 28 heavy (non-hydrogen) atoms. The van der Waals surface area contributed by atoms with Gasteiger partial charge in [0.25, 0.3) is 0 Å². The molecule has 0 aliphatic carbocycles. The van der Waals surface area contributed by atoms with Gasteiger partial charge in [0.15, 0.2) is 0 Å². The van der Waals surface area contributed by atoms with Gasteiger partial charge in [-0.1, -0.05) is 25.2 Å². The molecule has 0 saturated carbocycles. The lowest BCUT2D eigenvalue weighted by atomic mass is 9.93. The molecule has 0 saturated heterocycles. The Balaban J connectivity index is 2.09. The second kappa shape index (κ2) is 9.34. The van der Waals surface area contributed by atoms with Crippen molar-refractivity contribution in [1.82, 2.24) is 15.5 Å². The van der Waals surface area contributed by atoms with Gasteiger partial charge in [-0.3, -0.25) is 14.9 Å². The second-order valence-electron chi connectivity index (χ2n) is 7.34. The molecular formula is C19H25ClN4O3S. The minimum atomic E-state index is -0.765. The third-order valence-corrected chi connectivity index (χ3v) is 5.73. The lowest BCUT2D eigenvalue weighted by Gasteiger charge is -2.26.